The Bertz CT molecular complexity index is 1780. The number of fused-ring (bicyclic) bond motifs is 3. The van der Waals surface area contributed by atoms with Gasteiger partial charge in [-0.15, -0.1) is 11.3 Å². The van der Waals surface area contributed by atoms with Crippen LogP contribution >= 0.6 is 11.3 Å². The topological polar surface area (TPSA) is 175 Å². The maximum Gasteiger partial charge on any atom is 0.408 e. The van der Waals surface area contributed by atoms with Crippen LogP contribution in [-0.2, 0) is 23.9 Å². The molecule has 3 aromatic rings. The molecule has 3 fully saturated rings. The summed E-state index contributed by atoms with van der Waals surface area (Å²) in [6.07, 6.45) is 10.3. The number of amides is 3. The van der Waals surface area contributed by atoms with Crippen molar-refractivity contribution in [1.82, 2.24) is 30.7 Å². The van der Waals surface area contributed by atoms with Crippen molar-refractivity contribution in [2.75, 3.05) is 13.7 Å². The number of alkyl carbamates (subject to hydrolysis) is 1. The predicted molar refractivity (Wildman–Crippen MR) is 181 cm³/mol. The fraction of sp³-hybridized carbons (Fsp3) is 0.571. The molecule has 5 atom stereocenters. The highest BCUT2D eigenvalue weighted by Crippen LogP contribution is 2.46. The van der Waals surface area contributed by atoms with Crippen LogP contribution in [-0.4, -0.2) is 87.4 Å². The molecule has 4 aliphatic rings. The molecule has 2 saturated carbocycles. The lowest BCUT2D eigenvalue weighted by molar-refractivity contribution is -0.148. The molecule has 0 radical (unpaired) electrons. The number of hydrogen-bond acceptors (Lipinski definition) is 12. The molecule has 3 amide bonds. The van der Waals surface area contributed by atoms with Crippen LogP contribution in [0.2, 0.25) is 0 Å². The zero-order valence-corrected chi connectivity index (χ0v) is 29.0. The normalized spacial score (nSPS) is 28.2. The minimum atomic E-state index is -1.21. The summed E-state index contributed by atoms with van der Waals surface area (Å²) in [5.74, 6) is -0.413. The maximum absolute atomic E-state index is 14.4. The molecule has 266 valence electrons. The first-order valence-electron chi connectivity index (χ1n) is 17.4. The largest absolute Gasteiger partial charge is 0.471 e. The molecule has 3 aromatic heterocycles. The van der Waals surface area contributed by atoms with E-state index in [1.165, 1.54) is 23.3 Å². The number of aromatic nitrogens is 3. The highest BCUT2D eigenvalue weighted by molar-refractivity contribution is 7.17. The molecule has 2 aliphatic carbocycles. The monoisotopic (exact) mass is 706 g/mol. The average molecular weight is 707 g/mol. The van der Waals surface area contributed by atoms with Crippen LogP contribution in [0.15, 0.2) is 34.2 Å². The van der Waals surface area contributed by atoms with Gasteiger partial charge in [0, 0.05) is 18.4 Å². The SMILES string of the molecule is COC(=O)[C@@]12C[C@H]1/C=C\CCCCC[C@H](NC(=O)OC1CCCC1)C(=O)N1C[C@H](Oc3nc(-c4cc(C)on4)nc4ccsc34)C[C@H]1C(=O)N2. The van der Waals surface area contributed by atoms with E-state index in [9.17, 15) is 19.2 Å². The van der Waals surface area contributed by atoms with Gasteiger partial charge < -0.3 is 34.3 Å². The molecule has 2 aliphatic heterocycles. The Kier molecular flexibility index (Phi) is 9.76. The first-order chi connectivity index (χ1) is 24.2. The lowest BCUT2D eigenvalue weighted by Gasteiger charge is -2.29. The van der Waals surface area contributed by atoms with Gasteiger partial charge in [0.05, 0.1) is 19.2 Å². The predicted octanol–water partition coefficient (Wildman–Crippen LogP) is 4.61. The van der Waals surface area contributed by atoms with Crippen LogP contribution in [0.25, 0.3) is 21.7 Å². The summed E-state index contributed by atoms with van der Waals surface area (Å²) in [6.45, 7) is 1.83. The Labute approximate surface area is 293 Å². The number of nitrogens with zero attached hydrogens (tertiary/aromatic N) is 4. The van der Waals surface area contributed by atoms with Crippen molar-refractivity contribution >= 4 is 45.4 Å². The van der Waals surface area contributed by atoms with Gasteiger partial charge >= 0.3 is 12.1 Å². The Balaban J connectivity index is 1.18. The number of rotatable bonds is 6. The number of methoxy groups -OCH3 is 1. The van der Waals surface area contributed by atoms with Crippen molar-refractivity contribution in [2.45, 2.75) is 107 Å². The lowest BCUT2D eigenvalue weighted by Crippen LogP contribution is -2.56. The number of hydrogen-bond donors (Lipinski definition) is 2. The standard InChI is InChI=1S/C35H42N6O8S/c1-20-16-26(40-49-20)29-36-24-14-15-50-28(24)31(38-29)47-23-17-27-30(42)39-35(33(44)46-2)18-21(35)10-6-4-3-5-7-13-25(32(43)41(27)19-23)37-34(45)48-22-11-8-9-12-22/h6,10,14-16,21-23,25,27H,3-5,7-9,11-13,17-19H2,1-2H3,(H,37,45)(H,39,42)/b10-6-/t21-,23-,25+,27+,35-/m1/s1. The van der Waals surface area contributed by atoms with Gasteiger partial charge in [-0.05, 0) is 69.7 Å². The summed E-state index contributed by atoms with van der Waals surface area (Å²) in [6, 6.07) is 1.69. The number of allylic oxidation sites excluding steroid dienone is 1. The number of carbonyl (C=O) groups is 4. The summed E-state index contributed by atoms with van der Waals surface area (Å²) in [5.41, 5.74) is -0.0943. The molecule has 15 heteroatoms. The van der Waals surface area contributed by atoms with Crippen molar-refractivity contribution in [3.8, 4) is 17.4 Å². The second kappa shape index (κ2) is 14.4. The Morgan fingerprint density at radius 2 is 1.92 bits per heavy atom. The number of carbonyl (C=O) groups excluding carboxylic acids is 4. The minimum Gasteiger partial charge on any atom is -0.471 e. The van der Waals surface area contributed by atoms with E-state index in [0.717, 1.165) is 44.9 Å². The van der Waals surface area contributed by atoms with E-state index in [-0.39, 0.29) is 25.0 Å². The zero-order valence-electron chi connectivity index (χ0n) is 28.2. The Morgan fingerprint density at radius 3 is 2.70 bits per heavy atom. The average Bonchev–Trinajstić information content (AvgIpc) is 3.72. The molecular formula is C35H42N6O8S. The maximum atomic E-state index is 14.4. The molecule has 14 nitrogen and oxygen atoms in total. The van der Waals surface area contributed by atoms with Crippen molar-refractivity contribution in [1.29, 1.82) is 0 Å². The quantitative estimate of drug-likeness (QED) is 0.271. The first kappa shape index (κ1) is 33.9. The highest BCUT2D eigenvalue weighted by Gasteiger charge is 2.62. The van der Waals surface area contributed by atoms with E-state index in [2.05, 4.69) is 25.8 Å². The van der Waals surface area contributed by atoms with E-state index in [1.54, 1.807) is 13.0 Å². The van der Waals surface area contributed by atoms with E-state index < -0.39 is 47.6 Å². The summed E-state index contributed by atoms with van der Waals surface area (Å²) in [7, 11) is 1.30. The fourth-order valence-electron chi connectivity index (χ4n) is 7.31. The summed E-state index contributed by atoms with van der Waals surface area (Å²) in [4.78, 5) is 65.4. The van der Waals surface area contributed by atoms with Gasteiger partial charge in [0.2, 0.25) is 17.7 Å². The van der Waals surface area contributed by atoms with Crippen LogP contribution in [0.3, 0.4) is 0 Å². The second-order valence-electron chi connectivity index (χ2n) is 13.6. The van der Waals surface area contributed by atoms with Crippen LogP contribution < -0.4 is 15.4 Å². The molecular weight excluding hydrogens is 664 g/mol. The third kappa shape index (κ3) is 7.05. The summed E-state index contributed by atoms with van der Waals surface area (Å²) >= 11 is 1.41. The fourth-order valence-corrected chi connectivity index (χ4v) is 8.07. The Morgan fingerprint density at radius 1 is 1.10 bits per heavy atom. The van der Waals surface area contributed by atoms with E-state index >= 15 is 0 Å². The van der Waals surface area contributed by atoms with Crippen molar-refractivity contribution in [2.24, 2.45) is 5.92 Å². The molecule has 0 bridgehead atoms. The van der Waals surface area contributed by atoms with E-state index in [4.69, 9.17) is 18.7 Å². The number of thiophene rings is 1. The number of ether oxygens (including phenoxy) is 3. The van der Waals surface area contributed by atoms with Gasteiger partial charge in [-0.3, -0.25) is 9.59 Å². The zero-order chi connectivity index (χ0) is 34.8. The van der Waals surface area contributed by atoms with E-state index in [1.807, 2.05) is 23.6 Å². The van der Waals surface area contributed by atoms with Gasteiger partial charge in [0.1, 0.15) is 40.3 Å². The van der Waals surface area contributed by atoms with Gasteiger partial charge in [-0.25, -0.2) is 14.6 Å². The lowest BCUT2D eigenvalue weighted by atomic mass is 10.0. The number of aryl methyl sites for hydroxylation is 1. The molecule has 7 rings (SSSR count). The van der Waals surface area contributed by atoms with Crippen LogP contribution in [0.4, 0.5) is 4.79 Å². The molecule has 1 saturated heterocycles. The van der Waals surface area contributed by atoms with Gasteiger partial charge in [-0.2, -0.15) is 4.98 Å². The molecule has 0 unspecified atom stereocenters. The van der Waals surface area contributed by atoms with Crippen LogP contribution in [0.1, 0.15) is 76.4 Å². The van der Waals surface area contributed by atoms with Crippen molar-refractivity contribution in [3.05, 3.63) is 35.4 Å². The van der Waals surface area contributed by atoms with E-state index in [0.29, 0.717) is 52.6 Å². The minimum absolute atomic E-state index is 0.0522. The van der Waals surface area contributed by atoms with Crippen molar-refractivity contribution in [3.63, 3.8) is 0 Å². The van der Waals surface area contributed by atoms with Gasteiger partial charge in [0.25, 0.3) is 0 Å². The highest BCUT2D eigenvalue weighted by atomic mass is 32.1. The van der Waals surface area contributed by atoms with Gasteiger partial charge in [0.15, 0.2) is 11.5 Å². The first-order valence-corrected chi connectivity index (χ1v) is 18.3. The third-order valence-electron chi connectivity index (χ3n) is 10.1. The molecule has 0 aromatic carbocycles. The number of esters is 1. The third-order valence-corrected chi connectivity index (χ3v) is 11.0. The second-order valence-corrected chi connectivity index (χ2v) is 14.5. The van der Waals surface area contributed by atoms with Crippen LogP contribution in [0, 0.1) is 12.8 Å². The Hall–Kier alpha value is -4.53. The summed E-state index contributed by atoms with van der Waals surface area (Å²) in [5, 5.41) is 11.7. The number of nitrogens with one attached hydrogen (secondary N) is 2. The van der Waals surface area contributed by atoms with Crippen LogP contribution in [0.5, 0.6) is 5.88 Å². The van der Waals surface area contributed by atoms with Gasteiger partial charge in [-0.1, -0.05) is 30.2 Å². The molecule has 0 spiro atoms. The molecule has 2 N–H and O–H groups in total. The summed E-state index contributed by atoms with van der Waals surface area (Å²) < 4.78 is 23.2. The van der Waals surface area contributed by atoms with Crippen molar-refractivity contribution < 1.29 is 37.9 Å². The smallest absolute Gasteiger partial charge is 0.408 e. The molecule has 50 heavy (non-hydrogen) atoms. The molecule has 5 heterocycles.